The zero-order valence-electron chi connectivity index (χ0n) is 23.1. The Morgan fingerprint density at radius 2 is 1.82 bits per heavy atom. The predicted octanol–water partition coefficient (Wildman–Crippen LogP) is 4.63. The molecule has 0 radical (unpaired) electrons. The van der Waals surface area contributed by atoms with Gasteiger partial charge >= 0.3 is 0 Å². The lowest BCUT2D eigenvalue weighted by Crippen LogP contribution is -2.41. The number of rotatable bonds is 9. The molecule has 0 bridgehead atoms. The maximum absolute atomic E-state index is 13.4. The maximum atomic E-state index is 13.4. The van der Waals surface area contributed by atoms with Gasteiger partial charge < -0.3 is 19.2 Å². The number of hydrogen-bond acceptors (Lipinski definition) is 8. The summed E-state index contributed by atoms with van der Waals surface area (Å²) < 4.78 is 18.7. The van der Waals surface area contributed by atoms with E-state index in [4.69, 9.17) is 14.2 Å². The lowest BCUT2D eigenvalue weighted by molar-refractivity contribution is 0.0844. The summed E-state index contributed by atoms with van der Waals surface area (Å²) in [5.41, 5.74) is 2.48. The van der Waals surface area contributed by atoms with Crippen LogP contribution in [-0.4, -0.2) is 56.5 Å². The van der Waals surface area contributed by atoms with Crippen molar-refractivity contribution in [3.63, 3.8) is 0 Å². The maximum Gasteiger partial charge on any atom is 0.252 e. The Kier molecular flexibility index (Phi) is 7.68. The van der Waals surface area contributed by atoms with Crippen LogP contribution in [0.2, 0.25) is 0 Å². The highest BCUT2D eigenvalue weighted by Crippen LogP contribution is 2.35. The van der Waals surface area contributed by atoms with Gasteiger partial charge in [-0.1, -0.05) is 38.3 Å². The van der Waals surface area contributed by atoms with E-state index in [2.05, 4.69) is 32.3 Å². The van der Waals surface area contributed by atoms with Crippen LogP contribution in [-0.2, 0) is 13.1 Å². The van der Waals surface area contributed by atoms with E-state index in [1.807, 2.05) is 47.1 Å². The van der Waals surface area contributed by atoms with Crippen LogP contribution in [0.3, 0.4) is 0 Å². The second-order valence-electron chi connectivity index (χ2n) is 10.6. The Hall–Kier alpha value is -3.92. The van der Waals surface area contributed by atoms with Crippen molar-refractivity contribution in [3.05, 3.63) is 69.8 Å². The van der Waals surface area contributed by atoms with Gasteiger partial charge in [-0.3, -0.25) is 9.69 Å². The fourth-order valence-electron chi connectivity index (χ4n) is 6.04. The summed E-state index contributed by atoms with van der Waals surface area (Å²) in [6, 6.07) is 14.1. The van der Waals surface area contributed by atoms with Gasteiger partial charge in [-0.2, -0.15) is 0 Å². The number of H-pyrrole nitrogens is 1. The first-order valence-corrected chi connectivity index (χ1v) is 14.2. The smallest absolute Gasteiger partial charge is 0.252 e. The molecule has 10 nitrogen and oxygen atoms in total. The summed E-state index contributed by atoms with van der Waals surface area (Å²) in [6.45, 7) is 4.27. The molecule has 0 saturated heterocycles. The van der Waals surface area contributed by atoms with Crippen molar-refractivity contribution < 1.29 is 14.2 Å². The van der Waals surface area contributed by atoms with Crippen molar-refractivity contribution >= 4 is 10.9 Å². The van der Waals surface area contributed by atoms with Crippen LogP contribution < -0.4 is 19.8 Å². The minimum absolute atomic E-state index is 0.0355. The first-order chi connectivity index (χ1) is 19.6. The molecule has 1 atom stereocenters. The average Bonchev–Trinajstić information content (AvgIpc) is 3.44. The molecule has 0 unspecified atom stereocenters. The zero-order chi connectivity index (χ0) is 27.5. The molecule has 1 N–H and O–H groups in total. The van der Waals surface area contributed by atoms with E-state index in [1.165, 1.54) is 19.3 Å². The molecule has 1 fully saturated rings. The van der Waals surface area contributed by atoms with E-state index in [0.29, 0.717) is 43.8 Å². The molecule has 40 heavy (non-hydrogen) atoms. The molecule has 1 saturated carbocycles. The number of aromatic amines is 1. The number of tetrazole rings is 1. The number of pyridine rings is 1. The largest absolute Gasteiger partial charge is 0.497 e. The molecule has 10 heteroatoms. The average molecular weight is 545 g/mol. The van der Waals surface area contributed by atoms with Gasteiger partial charge in [0.25, 0.3) is 5.56 Å². The number of ether oxygens (including phenoxy) is 3. The minimum atomic E-state index is -0.0855. The van der Waals surface area contributed by atoms with Crippen LogP contribution in [0.5, 0.6) is 17.2 Å². The van der Waals surface area contributed by atoms with Crippen LogP contribution >= 0.6 is 0 Å². The molecule has 2 aromatic heterocycles. The number of methoxy groups -OCH3 is 1. The monoisotopic (exact) mass is 544 g/mol. The third kappa shape index (κ3) is 5.40. The molecule has 4 aromatic rings. The highest BCUT2D eigenvalue weighted by atomic mass is 16.6. The van der Waals surface area contributed by atoms with Crippen molar-refractivity contribution in [2.75, 3.05) is 20.3 Å². The summed E-state index contributed by atoms with van der Waals surface area (Å²) in [4.78, 5) is 18.9. The van der Waals surface area contributed by atoms with Crippen molar-refractivity contribution in [2.45, 2.75) is 70.6 Å². The standard InChI is InChI=1S/C30H36N6O4/c1-3-26(29-32-33-34-36(29)18-20-9-11-24(38-2)12-10-20)35(23-7-5-4-6-8-23)19-22-15-21-16-27-28(40-14-13-39-27)17-25(21)31-30(22)37/h9-12,15-17,23,26H,3-8,13-14,18-19H2,1-2H3,(H,31,37)/t26-/m0/s1. The lowest BCUT2D eigenvalue weighted by Gasteiger charge is -2.39. The number of fused-ring (bicyclic) bond motifs is 2. The Morgan fingerprint density at radius 3 is 2.55 bits per heavy atom. The summed E-state index contributed by atoms with van der Waals surface area (Å²) in [6.07, 6.45) is 6.64. The topological polar surface area (TPSA) is 107 Å². The fraction of sp³-hybridized carbons (Fsp3) is 0.467. The van der Waals surface area contributed by atoms with Crippen LogP contribution in [0.25, 0.3) is 10.9 Å². The van der Waals surface area contributed by atoms with E-state index < -0.39 is 0 Å². The van der Waals surface area contributed by atoms with E-state index in [1.54, 1.807) is 7.11 Å². The van der Waals surface area contributed by atoms with Crippen LogP contribution in [0.15, 0.2) is 47.3 Å². The van der Waals surface area contributed by atoms with Gasteiger partial charge in [-0.15, -0.1) is 5.10 Å². The molecule has 2 aromatic carbocycles. The normalized spacial score (nSPS) is 16.4. The van der Waals surface area contributed by atoms with Gasteiger partial charge in [0.15, 0.2) is 17.3 Å². The lowest BCUT2D eigenvalue weighted by atomic mass is 9.92. The molecule has 3 heterocycles. The van der Waals surface area contributed by atoms with Crippen LogP contribution in [0, 0.1) is 0 Å². The predicted molar refractivity (Wildman–Crippen MR) is 151 cm³/mol. The SMILES string of the molecule is CC[C@@H](c1nnnn1Cc1ccc(OC)cc1)N(Cc1cc2cc3c(cc2[nH]c1=O)OCCO3)C1CCCCC1. The molecule has 2 aliphatic rings. The molecule has 0 amide bonds. The molecule has 1 aliphatic heterocycles. The van der Waals surface area contributed by atoms with E-state index in [0.717, 1.165) is 52.9 Å². The summed E-state index contributed by atoms with van der Waals surface area (Å²) in [7, 11) is 1.66. The summed E-state index contributed by atoms with van der Waals surface area (Å²) in [5, 5.41) is 13.9. The van der Waals surface area contributed by atoms with Crippen LogP contribution in [0.4, 0.5) is 0 Å². The number of aromatic nitrogens is 5. The molecule has 0 spiro atoms. The molecular weight excluding hydrogens is 508 g/mol. The number of nitrogens with one attached hydrogen (secondary N) is 1. The van der Waals surface area contributed by atoms with E-state index >= 15 is 0 Å². The van der Waals surface area contributed by atoms with Crippen molar-refractivity contribution in [1.29, 1.82) is 0 Å². The third-order valence-corrected chi connectivity index (χ3v) is 8.12. The highest BCUT2D eigenvalue weighted by molar-refractivity contribution is 5.83. The van der Waals surface area contributed by atoms with Gasteiger partial charge in [-0.05, 0) is 59.5 Å². The van der Waals surface area contributed by atoms with Crippen molar-refractivity contribution in [3.8, 4) is 17.2 Å². The molecule has 6 rings (SSSR count). The van der Waals surface area contributed by atoms with Crippen molar-refractivity contribution in [2.24, 2.45) is 0 Å². The van der Waals surface area contributed by atoms with Gasteiger partial charge in [0.2, 0.25) is 0 Å². The Labute approximate surface area is 233 Å². The van der Waals surface area contributed by atoms with E-state index in [-0.39, 0.29) is 11.6 Å². The fourth-order valence-corrected chi connectivity index (χ4v) is 6.04. The number of hydrogen-bond donors (Lipinski definition) is 1. The van der Waals surface area contributed by atoms with Gasteiger partial charge in [0.1, 0.15) is 19.0 Å². The summed E-state index contributed by atoms with van der Waals surface area (Å²) in [5.74, 6) is 3.02. The Bertz CT molecular complexity index is 1510. The van der Waals surface area contributed by atoms with Gasteiger partial charge in [0, 0.05) is 29.6 Å². The zero-order valence-corrected chi connectivity index (χ0v) is 23.1. The van der Waals surface area contributed by atoms with Gasteiger partial charge in [-0.25, -0.2) is 4.68 Å². The first-order valence-electron chi connectivity index (χ1n) is 14.2. The molecule has 1 aliphatic carbocycles. The first kappa shape index (κ1) is 26.3. The Balaban J connectivity index is 1.33. The quantitative estimate of drug-likeness (QED) is 0.325. The second kappa shape index (κ2) is 11.7. The number of nitrogens with zero attached hydrogens (tertiary/aromatic N) is 5. The second-order valence-corrected chi connectivity index (χ2v) is 10.6. The molecular formula is C30H36N6O4. The number of benzene rings is 2. The van der Waals surface area contributed by atoms with Crippen molar-refractivity contribution in [1.82, 2.24) is 30.1 Å². The van der Waals surface area contributed by atoms with Crippen LogP contribution in [0.1, 0.15) is 68.4 Å². The molecule has 210 valence electrons. The minimum Gasteiger partial charge on any atom is -0.497 e. The van der Waals surface area contributed by atoms with E-state index in [9.17, 15) is 4.79 Å². The Morgan fingerprint density at radius 1 is 1.07 bits per heavy atom. The highest BCUT2D eigenvalue weighted by Gasteiger charge is 2.32. The summed E-state index contributed by atoms with van der Waals surface area (Å²) >= 11 is 0. The van der Waals surface area contributed by atoms with Gasteiger partial charge in [0.05, 0.1) is 25.2 Å². The third-order valence-electron chi connectivity index (χ3n) is 8.12.